The van der Waals surface area contributed by atoms with Crippen molar-refractivity contribution in [3.8, 4) is 11.5 Å². The minimum Gasteiger partial charge on any atom is -0.493 e. The molecule has 2 fully saturated rings. The first kappa shape index (κ1) is 33.9. The average molecular weight is 662 g/mol. The summed E-state index contributed by atoms with van der Waals surface area (Å²) < 4.78 is 11.3. The van der Waals surface area contributed by atoms with Gasteiger partial charge in [-0.2, -0.15) is 0 Å². The van der Waals surface area contributed by atoms with Crippen molar-refractivity contribution in [1.82, 2.24) is 25.4 Å². The van der Waals surface area contributed by atoms with Gasteiger partial charge in [0.15, 0.2) is 11.5 Å². The van der Waals surface area contributed by atoms with Crippen molar-refractivity contribution in [2.45, 2.75) is 45.3 Å². The molecule has 3 heterocycles. The van der Waals surface area contributed by atoms with Crippen LogP contribution < -0.4 is 20.1 Å². The number of carbonyl (C=O) groups is 4. The zero-order valence-electron chi connectivity index (χ0n) is 27.3. The molecule has 1 aromatic heterocycles. The Morgan fingerprint density at radius 2 is 1.72 bits per heavy atom. The summed E-state index contributed by atoms with van der Waals surface area (Å²) in [5.74, 6) is -0.834. The number of rotatable bonds is 12. The van der Waals surface area contributed by atoms with E-state index in [-0.39, 0.29) is 48.1 Å². The molecule has 12 heteroatoms. The Labute approximate surface area is 279 Å². The maximum atomic E-state index is 14.0. The van der Waals surface area contributed by atoms with Crippen molar-refractivity contribution in [1.29, 1.82) is 0 Å². The van der Waals surface area contributed by atoms with Crippen molar-refractivity contribution in [2.24, 2.45) is 17.8 Å². The van der Waals surface area contributed by atoms with Gasteiger partial charge in [0.25, 0.3) is 11.8 Å². The van der Waals surface area contributed by atoms with Crippen LogP contribution in [0.1, 0.15) is 52.3 Å². The van der Waals surface area contributed by atoms with Crippen LogP contribution in [-0.4, -0.2) is 90.9 Å². The van der Waals surface area contributed by atoms with Crippen molar-refractivity contribution >= 4 is 35.0 Å². The van der Waals surface area contributed by atoms with Crippen molar-refractivity contribution < 1.29 is 28.7 Å². The first-order chi connectivity index (χ1) is 22.7. The molecule has 250 valence electrons. The molecule has 2 aliphatic rings. The number of hydrogen-bond donors (Lipinski definition) is 2. The molecule has 47 heavy (non-hydrogen) atoms. The molecule has 2 aliphatic heterocycles. The third-order valence-electron chi connectivity index (χ3n) is 8.89. The molecular formula is C35H43N5O6S. The third kappa shape index (κ3) is 8.10. The predicted octanol–water partition coefficient (Wildman–Crippen LogP) is 3.65. The number of thiazole rings is 1. The minimum atomic E-state index is -0.722. The van der Waals surface area contributed by atoms with E-state index in [1.54, 1.807) is 40.6 Å². The number of likely N-dealkylation sites (N-methyl/N-ethyl adjacent to an activating group) is 1. The number of aromatic nitrogens is 1. The standard InChI is InChI=1S/C35H43N5O6S/c1-22(2)46-29-14-13-24(15-30(29)45-4)34(43)39-17-25-18-40(35(44)31-16-37-21-47-31)20-27(26(25)19-39)32(41)38-28(33(42)36-3)12-8-11-23-9-6-5-7-10-23/h5-7,9-10,13-16,21-22,25-28H,8,11-12,17-20H2,1-4H3,(H,36,42)(H,38,41)/t25?,26?,27?,28-/m0/s1. The number of amides is 4. The number of aryl methyl sites for hydroxylation is 1. The summed E-state index contributed by atoms with van der Waals surface area (Å²) in [5.41, 5.74) is 3.22. The fourth-order valence-corrected chi connectivity index (χ4v) is 7.16. The van der Waals surface area contributed by atoms with Gasteiger partial charge in [0.1, 0.15) is 10.9 Å². The Morgan fingerprint density at radius 3 is 2.38 bits per heavy atom. The van der Waals surface area contributed by atoms with Crippen LogP contribution in [0.15, 0.2) is 60.2 Å². The highest BCUT2D eigenvalue weighted by atomic mass is 32.1. The monoisotopic (exact) mass is 661 g/mol. The highest BCUT2D eigenvalue weighted by molar-refractivity contribution is 7.11. The maximum absolute atomic E-state index is 14.0. The lowest BCUT2D eigenvalue weighted by molar-refractivity contribution is -0.133. The van der Waals surface area contributed by atoms with Gasteiger partial charge in [-0.1, -0.05) is 30.3 Å². The summed E-state index contributed by atoms with van der Waals surface area (Å²) in [4.78, 5) is 62.2. The van der Waals surface area contributed by atoms with Crippen molar-refractivity contribution in [3.63, 3.8) is 0 Å². The van der Waals surface area contributed by atoms with Crippen LogP contribution in [0.3, 0.4) is 0 Å². The first-order valence-electron chi connectivity index (χ1n) is 16.1. The number of likely N-dealkylation sites (tertiary alicyclic amines) is 2. The second-order valence-electron chi connectivity index (χ2n) is 12.4. The number of methoxy groups -OCH3 is 1. The highest BCUT2D eigenvalue weighted by Crippen LogP contribution is 2.38. The largest absolute Gasteiger partial charge is 0.493 e. The summed E-state index contributed by atoms with van der Waals surface area (Å²) in [6, 6.07) is 14.4. The van der Waals surface area contributed by atoms with Crippen LogP contribution >= 0.6 is 11.3 Å². The summed E-state index contributed by atoms with van der Waals surface area (Å²) in [6.45, 7) is 5.18. The van der Waals surface area contributed by atoms with E-state index in [4.69, 9.17) is 9.47 Å². The van der Waals surface area contributed by atoms with Gasteiger partial charge in [-0.3, -0.25) is 24.2 Å². The molecule has 0 aliphatic carbocycles. The summed E-state index contributed by atoms with van der Waals surface area (Å²) >= 11 is 1.25. The van der Waals surface area contributed by atoms with Crippen molar-refractivity contribution in [2.75, 3.05) is 40.3 Å². The van der Waals surface area contributed by atoms with Crippen LogP contribution in [0.5, 0.6) is 11.5 Å². The zero-order chi connectivity index (χ0) is 33.5. The van der Waals surface area contributed by atoms with Gasteiger partial charge in [0.05, 0.1) is 30.8 Å². The molecule has 4 atom stereocenters. The molecule has 0 saturated carbocycles. The SMILES string of the molecule is CNC(=O)[C@H](CCCc1ccccc1)NC(=O)C1CN(C(=O)c2cncs2)CC2CN(C(=O)c3ccc(OC(C)C)c(OC)c3)CC21. The quantitative estimate of drug-likeness (QED) is 0.303. The Balaban J connectivity index is 1.34. The molecule has 0 bridgehead atoms. The molecular weight excluding hydrogens is 618 g/mol. The number of nitrogens with one attached hydrogen (secondary N) is 2. The van der Waals surface area contributed by atoms with Gasteiger partial charge in [0, 0.05) is 38.8 Å². The number of nitrogens with zero attached hydrogens (tertiary/aromatic N) is 3. The van der Waals surface area contributed by atoms with Crippen LogP contribution in [0.4, 0.5) is 0 Å². The summed E-state index contributed by atoms with van der Waals surface area (Å²) in [6.07, 6.45) is 3.43. The number of benzene rings is 2. The Morgan fingerprint density at radius 1 is 0.979 bits per heavy atom. The van der Waals surface area contributed by atoms with Gasteiger partial charge in [-0.15, -0.1) is 11.3 Å². The Bertz CT molecular complexity index is 1550. The van der Waals surface area contributed by atoms with E-state index in [1.807, 2.05) is 44.2 Å². The number of carbonyl (C=O) groups excluding carboxylic acids is 4. The van der Waals surface area contributed by atoms with E-state index >= 15 is 0 Å². The average Bonchev–Trinajstić information content (AvgIpc) is 3.78. The van der Waals surface area contributed by atoms with E-state index in [1.165, 1.54) is 24.6 Å². The third-order valence-corrected chi connectivity index (χ3v) is 9.65. The second kappa shape index (κ2) is 15.4. The lowest BCUT2D eigenvalue weighted by Crippen LogP contribution is -2.56. The molecule has 3 aromatic rings. The molecule has 3 unspecified atom stereocenters. The number of ether oxygens (including phenoxy) is 2. The topological polar surface area (TPSA) is 130 Å². The van der Waals surface area contributed by atoms with Gasteiger partial charge in [-0.25, -0.2) is 0 Å². The first-order valence-corrected chi connectivity index (χ1v) is 16.9. The van der Waals surface area contributed by atoms with E-state index in [9.17, 15) is 19.2 Å². The molecule has 2 aromatic carbocycles. The van der Waals surface area contributed by atoms with Gasteiger partial charge >= 0.3 is 0 Å². The van der Waals surface area contributed by atoms with Crippen LogP contribution in [0.25, 0.3) is 0 Å². The molecule has 0 spiro atoms. The molecule has 2 saturated heterocycles. The van der Waals surface area contributed by atoms with E-state index in [0.717, 1.165) is 12.0 Å². The van der Waals surface area contributed by atoms with E-state index < -0.39 is 12.0 Å². The van der Waals surface area contributed by atoms with Crippen LogP contribution in [0.2, 0.25) is 0 Å². The highest BCUT2D eigenvalue weighted by Gasteiger charge is 2.48. The number of piperidine rings is 1. The van der Waals surface area contributed by atoms with Gasteiger partial charge < -0.3 is 29.9 Å². The fraction of sp³-hybridized carbons (Fsp3) is 0.457. The Hall–Kier alpha value is -4.45. The smallest absolute Gasteiger partial charge is 0.265 e. The number of fused-ring (bicyclic) bond motifs is 1. The summed E-state index contributed by atoms with van der Waals surface area (Å²) in [5, 5.41) is 5.69. The maximum Gasteiger partial charge on any atom is 0.265 e. The van der Waals surface area contributed by atoms with E-state index in [0.29, 0.717) is 54.4 Å². The Kier molecular flexibility index (Phi) is 11.1. The van der Waals surface area contributed by atoms with E-state index in [2.05, 4.69) is 15.6 Å². The number of hydrogen-bond acceptors (Lipinski definition) is 8. The lowest BCUT2D eigenvalue weighted by atomic mass is 9.79. The molecule has 2 N–H and O–H groups in total. The lowest BCUT2D eigenvalue weighted by Gasteiger charge is -2.39. The molecule has 0 radical (unpaired) electrons. The second-order valence-corrected chi connectivity index (χ2v) is 13.3. The normalized spacial score (nSPS) is 19.6. The van der Waals surface area contributed by atoms with Gasteiger partial charge in [-0.05, 0) is 68.7 Å². The van der Waals surface area contributed by atoms with Crippen LogP contribution in [0, 0.1) is 17.8 Å². The summed E-state index contributed by atoms with van der Waals surface area (Å²) in [7, 11) is 3.09. The predicted molar refractivity (Wildman–Crippen MR) is 179 cm³/mol. The molecule has 4 amide bonds. The van der Waals surface area contributed by atoms with Crippen LogP contribution in [-0.2, 0) is 16.0 Å². The molecule has 5 rings (SSSR count). The van der Waals surface area contributed by atoms with Gasteiger partial charge in [0.2, 0.25) is 11.8 Å². The minimum absolute atomic E-state index is 0.0577. The fourth-order valence-electron chi connectivity index (χ4n) is 6.57. The molecule has 11 nitrogen and oxygen atoms in total. The zero-order valence-corrected chi connectivity index (χ0v) is 28.1. The van der Waals surface area contributed by atoms with Crippen molar-refractivity contribution in [3.05, 3.63) is 76.2 Å².